The Morgan fingerprint density at radius 1 is 1.00 bits per heavy atom. The molecule has 11 heteroatoms. The molecule has 2 heterocycles. The van der Waals surface area contributed by atoms with E-state index in [-0.39, 0.29) is 30.6 Å². The number of ketones is 1. The zero-order valence-corrected chi connectivity index (χ0v) is 26.6. The van der Waals surface area contributed by atoms with Crippen molar-refractivity contribution in [3.05, 3.63) is 36.3 Å². The maximum Gasteiger partial charge on any atom is 0.305 e. The molecule has 0 radical (unpaired) electrons. The number of esters is 4. The van der Waals surface area contributed by atoms with Crippen molar-refractivity contribution in [2.45, 2.75) is 104 Å². The molecular weight excluding hydrogens is 572 g/mol. The van der Waals surface area contributed by atoms with E-state index in [1.807, 2.05) is 19.9 Å². The van der Waals surface area contributed by atoms with Crippen LogP contribution in [0.15, 0.2) is 35.2 Å². The molecule has 0 aromatic carbocycles. The SMILES string of the molecule is C=C1[C@@H]([C@@]2(C)[C@H](OC(C)=O)CC(=O)C(C)(C)[C@@H]2CC(=O)OC)[C@@H](OC(C)=O)[C@H](OC(C)=O)[C@@]2(C)[C@H](c3ccoc3)C[C@H]3O[C@]132. The van der Waals surface area contributed by atoms with E-state index in [0.29, 0.717) is 12.0 Å². The zero-order valence-electron chi connectivity index (χ0n) is 26.6. The first-order chi connectivity index (χ1) is 20.5. The van der Waals surface area contributed by atoms with Crippen LogP contribution in [0.2, 0.25) is 0 Å². The van der Waals surface area contributed by atoms with E-state index < -0.39 is 75.9 Å². The van der Waals surface area contributed by atoms with Gasteiger partial charge in [-0.15, -0.1) is 0 Å². The topological polar surface area (TPSA) is 148 Å². The molecule has 1 aromatic rings. The minimum absolute atomic E-state index is 0.137. The van der Waals surface area contributed by atoms with Gasteiger partial charge in [-0.2, -0.15) is 0 Å². The van der Waals surface area contributed by atoms with Crippen LogP contribution in [-0.4, -0.2) is 66.8 Å². The number of carbonyl (C=O) groups excluding carboxylic acids is 5. The number of hydrogen-bond acceptors (Lipinski definition) is 11. The Kier molecular flexibility index (Phi) is 7.67. The highest BCUT2D eigenvalue weighted by Crippen LogP contribution is 2.77. The summed E-state index contributed by atoms with van der Waals surface area (Å²) in [5.41, 5.74) is -2.84. The van der Waals surface area contributed by atoms with Gasteiger partial charge < -0.3 is 28.1 Å². The van der Waals surface area contributed by atoms with Crippen LogP contribution in [0.5, 0.6) is 0 Å². The predicted octanol–water partition coefficient (Wildman–Crippen LogP) is 4.08. The lowest BCUT2D eigenvalue weighted by atomic mass is 9.44. The molecule has 5 rings (SSSR count). The standard InChI is InChI=1S/C33H42O11/c1-16-27(31(7)22(13-26(38)39-9)30(5,6)23(37)14-24(31)41-17(2)34)28(42-18(3)35)29(43-19(4)36)32(8)21(20-10-11-40-15-20)12-25-33(16,32)44-25/h10-11,15,21-22,24-25,27-29H,1,12-14H2,2-9H3/t21-,22-,24+,25+,27+,28+,29-,31+,32+,33+/m0/s1. The number of ether oxygens (including phenoxy) is 5. The summed E-state index contributed by atoms with van der Waals surface area (Å²) in [7, 11) is 1.26. The minimum Gasteiger partial charge on any atom is -0.472 e. The van der Waals surface area contributed by atoms with Crippen LogP contribution >= 0.6 is 0 Å². The Bertz CT molecular complexity index is 1390. The van der Waals surface area contributed by atoms with E-state index in [4.69, 9.17) is 28.1 Å². The number of hydrogen-bond donors (Lipinski definition) is 0. The minimum atomic E-state index is -1.24. The van der Waals surface area contributed by atoms with Gasteiger partial charge in [0.05, 0.1) is 31.2 Å². The van der Waals surface area contributed by atoms with Crippen molar-refractivity contribution >= 4 is 29.7 Å². The van der Waals surface area contributed by atoms with Crippen molar-refractivity contribution in [3.8, 4) is 0 Å². The fraction of sp³-hybridized carbons (Fsp3) is 0.667. The Hall–Kier alpha value is -3.47. The van der Waals surface area contributed by atoms with Crippen molar-refractivity contribution in [2.75, 3.05) is 7.11 Å². The molecule has 4 aliphatic rings. The average molecular weight is 615 g/mol. The van der Waals surface area contributed by atoms with E-state index in [9.17, 15) is 24.0 Å². The lowest BCUT2D eigenvalue weighted by Crippen LogP contribution is -2.69. The Balaban J connectivity index is 1.78. The van der Waals surface area contributed by atoms with Crippen LogP contribution in [0.1, 0.15) is 79.2 Å². The number of epoxide rings is 1. The van der Waals surface area contributed by atoms with Crippen LogP contribution in [0.3, 0.4) is 0 Å². The smallest absolute Gasteiger partial charge is 0.305 e. The molecule has 10 atom stereocenters. The van der Waals surface area contributed by atoms with Crippen molar-refractivity contribution in [1.82, 2.24) is 0 Å². The van der Waals surface area contributed by atoms with E-state index in [0.717, 1.165) is 5.56 Å². The quantitative estimate of drug-likeness (QED) is 0.189. The van der Waals surface area contributed by atoms with Crippen molar-refractivity contribution < 1.29 is 52.1 Å². The monoisotopic (exact) mass is 614 g/mol. The Morgan fingerprint density at radius 3 is 2.18 bits per heavy atom. The van der Waals surface area contributed by atoms with Crippen LogP contribution in [0.25, 0.3) is 0 Å². The molecule has 0 amide bonds. The summed E-state index contributed by atoms with van der Waals surface area (Å²) in [6, 6.07) is 1.86. The molecule has 4 fully saturated rings. The van der Waals surface area contributed by atoms with Gasteiger partial charge in [-0.25, -0.2) is 0 Å². The summed E-state index contributed by atoms with van der Waals surface area (Å²) in [4.78, 5) is 64.8. The molecular formula is C33H42O11. The fourth-order valence-electron chi connectivity index (χ4n) is 9.31. The summed E-state index contributed by atoms with van der Waals surface area (Å²) in [6.45, 7) is 15.7. The molecule has 11 nitrogen and oxygen atoms in total. The summed E-state index contributed by atoms with van der Waals surface area (Å²) in [5, 5.41) is 0. The third kappa shape index (κ3) is 4.36. The van der Waals surface area contributed by atoms with Crippen LogP contribution in [0, 0.1) is 28.1 Å². The summed E-state index contributed by atoms with van der Waals surface area (Å²) < 4.78 is 35.2. The lowest BCUT2D eigenvalue weighted by Gasteiger charge is -2.62. The second kappa shape index (κ2) is 10.6. The van der Waals surface area contributed by atoms with E-state index >= 15 is 0 Å². The maximum absolute atomic E-state index is 13.6. The first kappa shape index (κ1) is 31.9. The number of methoxy groups -OCH3 is 1. The molecule has 3 aliphatic carbocycles. The van der Waals surface area contributed by atoms with Crippen LogP contribution < -0.4 is 0 Å². The number of furan rings is 1. The van der Waals surface area contributed by atoms with Crippen molar-refractivity contribution in [3.63, 3.8) is 0 Å². The number of Topliss-reactive ketones (excluding diaryl/α,β-unsaturated/α-hetero) is 1. The van der Waals surface area contributed by atoms with Crippen LogP contribution in [0.4, 0.5) is 0 Å². The molecule has 44 heavy (non-hydrogen) atoms. The van der Waals surface area contributed by atoms with Gasteiger partial charge in [0, 0.05) is 56.3 Å². The molecule has 1 aromatic heterocycles. The van der Waals surface area contributed by atoms with Gasteiger partial charge in [0.1, 0.15) is 29.7 Å². The van der Waals surface area contributed by atoms with Gasteiger partial charge in [-0.1, -0.05) is 34.3 Å². The first-order valence-electron chi connectivity index (χ1n) is 15.0. The molecule has 1 spiro atoms. The van der Waals surface area contributed by atoms with Gasteiger partial charge in [0.15, 0.2) is 0 Å². The summed E-state index contributed by atoms with van der Waals surface area (Å²) in [5.74, 6) is -4.43. The summed E-state index contributed by atoms with van der Waals surface area (Å²) in [6.07, 6.45) is -0.0501. The average Bonchev–Trinajstić information content (AvgIpc) is 3.27. The maximum atomic E-state index is 13.6. The predicted molar refractivity (Wildman–Crippen MR) is 153 cm³/mol. The lowest BCUT2D eigenvalue weighted by molar-refractivity contribution is -0.227. The highest BCUT2D eigenvalue weighted by molar-refractivity contribution is 5.87. The fourth-order valence-corrected chi connectivity index (χ4v) is 9.31. The normalized spacial score (nSPS) is 40.3. The molecule has 0 N–H and O–H groups in total. The highest BCUT2D eigenvalue weighted by Gasteiger charge is 2.85. The third-order valence-corrected chi connectivity index (χ3v) is 11.3. The molecule has 1 aliphatic heterocycles. The molecule has 0 unspecified atom stereocenters. The molecule has 240 valence electrons. The zero-order chi connectivity index (χ0) is 32.6. The Morgan fingerprint density at radius 2 is 1.64 bits per heavy atom. The van der Waals surface area contributed by atoms with Gasteiger partial charge in [0.2, 0.25) is 0 Å². The third-order valence-electron chi connectivity index (χ3n) is 11.3. The second-order valence-electron chi connectivity index (χ2n) is 13.7. The van der Waals surface area contributed by atoms with E-state index in [2.05, 4.69) is 6.58 Å². The first-order valence-corrected chi connectivity index (χ1v) is 15.0. The number of rotatable bonds is 7. The van der Waals surface area contributed by atoms with E-state index in [1.165, 1.54) is 27.9 Å². The molecule has 3 saturated carbocycles. The molecule has 0 bridgehead atoms. The van der Waals surface area contributed by atoms with Crippen molar-refractivity contribution in [1.29, 1.82) is 0 Å². The van der Waals surface area contributed by atoms with E-state index in [1.54, 1.807) is 26.4 Å². The highest BCUT2D eigenvalue weighted by atomic mass is 16.6. The van der Waals surface area contributed by atoms with Gasteiger partial charge in [-0.05, 0) is 29.5 Å². The van der Waals surface area contributed by atoms with Gasteiger partial charge in [-0.3, -0.25) is 24.0 Å². The largest absolute Gasteiger partial charge is 0.472 e. The van der Waals surface area contributed by atoms with Crippen molar-refractivity contribution in [2.24, 2.45) is 28.1 Å². The molecule has 1 saturated heterocycles. The Labute approximate surface area is 256 Å². The van der Waals surface area contributed by atoms with Gasteiger partial charge in [0.25, 0.3) is 0 Å². The summed E-state index contributed by atoms with van der Waals surface area (Å²) >= 11 is 0. The van der Waals surface area contributed by atoms with Gasteiger partial charge >= 0.3 is 23.9 Å². The second-order valence-corrected chi connectivity index (χ2v) is 13.7. The van der Waals surface area contributed by atoms with Crippen LogP contribution in [-0.2, 0) is 47.7 Å². The number of carbonyl (C=O) groups is 5.